The van der Waals surface area contributed by atoms with E-state index in [-0.39, 0.29) is 23.5 Å². The lowest BCUT2D eigenvalue weighted by atomic mass is 10.1. The Morgan fingerprint density at radius 3 is 2.57 bits per heavy atom. The first-order chi connectivity index (χ1) is 13.4. The lowest BCUT2D eigenvalue weighted by molar-refractivity contribution is -0.120. The van der Waals surface area contributed by atoms with Crippen molar-refractivity contribution >= 4 is 21.6 Å². The number of carbonyl (C=O) groups excluding carboxylic acids is 1. The predicted molar refractivity (Wildman–Crippen MR) is 109 cm³/mol. The maximum Gasteiger partial charge on any atom is 0.264 e. The quantitative estimate of drug-likeness (QED) is 0.773. The molecule has 150 valence electrons. The molecule has 1 saturated heterocycles. The van der Waals surface area contributed by atoms with Crippen LogP contribution in [-0.2, 0) is 19.6 Å². The number of sulfonamides is 1. The first-order valence-electron chi connectivity index (χ1n) is 9.42. The number of hydrogen-bond acceptors (Lipinski definition) is 4. The molecule has 1 atom stereocenters. The summed E-state index contributed by atoms with van der Waals surface area (Å²) in [7, 11) is -3.88. The SMILES string of the molecule is Cc1cccc(N(CC(=O)NC[C@@H]2CCCO2)S(=O)(=O)c2ccccc2)c1C. The highest BCUT2D eigenvalue weighted by molar-refractivity contribution is 7.92. The van der Waals surface area contributed by atoms with Crippen molar-refractivity contribution < 1.29 is 17.9 Å². The smallest absolute Gasteiger partial charge is 0.264 e. The van der Waals surface area contributed by atoms with Crippen LogP contribution in [0, 0.1) is 13.8 Å². The maximum absolute atomic E-state index is 13.3. The summed E-state index contributed by atoms with van der Waals surface area (Å²) in [6, 6.07) is 13.6. The summed E-state index contributed by atoms with van der Waals surface area (Å²) < 4.78 is 33.3. The van der Waals surface area contributed by atoms with E-state index in [1.54, 1.807) is 30.3 Å². The second kappa shape index (κ2) is 8.75. The molecule has 0 unspecified atom stereocenters. The number of anilines is 1. The molecular formula is C21H26N2O4S. The molecule has 3 rings (SSSR count). The fourth-order valence-corrected chi connectivity index (χ4v) is 4.74. The van der Waals surface area contributed by atoms with Crippen LogP contribution in [0.4, 0.5) is 5.69 Å². The zero-order chi connectivity index (χ0) is 20.1. The minimum atomic E-state index is -3.88. The molecule has 0 aromatic heterocycles. The Morgan fingerprint density at radius 2 is 1.89 bits per heavy atom. The fraction of sp³-hybridized carbons (Fsp3) is 0.381. The standard InChI is InChI=1S/C21H26N2O4S/c1-16-8-6-12-20(17(16)2)23(28(25,26)19-10-4-3-5-11-19)15-21(24)22-14-18-9-7-13-27-18/h3-6,8,10-12,18H,7,9,13-15H2,1-2H3,(H,22,24)/t18-/m0/s1. The van der Waals surface area contributed by atoms with Crippen LogP contribution in [0.1, 0.15) is 24.0 Å². The van der Waals surface area contributed by atoms with Gasteiger partial charge in [0.2, 0.25) is 5.91 Å². The highest BCUT2D eigenvalue weighted by Gasteiger charge is 2.28. The van der Waals surface area contributed by atoms with E-state index >= 15 is 0 Å². The van der Waals surface area contributed by atoms with Gasteiger partial charge in [-0.05, 0) is 56.0 Å². The van der Waals surface area contributed by atoms with Crippen molar-refractivity contribution in [2.24, 2.45) is 0 Å². The molecule has 0 spiro atoms. The Bertz CT molecular complexity index is 923. The number of nitrogens with one attached hydrogen (secondary N) is 1. The van der Waals surface area contributed by atoms with Crippen LogP contribution in [0.5, 0.6) is 0 Å². The van der Waals surface area contributed by atoms with E-state index < -0.39 is 10.0 Å². The van der Waals surface area contributed by atoms with E-state index in [4.69, 9.17) is 4.74 Å². The minimum absolute atomic E-state index is 0.00355. The van der Waals surface area contributed by atoms with Crippen molar-refractivity contribution in [3.05, 3.63) is 59.7 Å². The number of benzene rings is 2. The van der Waals surface area contributed by atoms with Gasteiger partial charge in [-0.3, -0.25) is 9.10 Å². The van der Waals surface area contributed by atoms with Crippen LogP contribution in [-0.4, -0.2) is 40.1 Å². The van der Waals surface area contributed by atoms with Crippen LogP contribution < -0.4 is 9.62 Å². The number of amides is 1. The third-order valence-electron chi connectivity index (χ3n) is 5.01. The molecule has 6 nitrogen and oxygen atoms in total. The topological polar surface area (TPSA) is 75.7 Å². The second-order valence-corrected chi connectivity index (χ2v) is 8.85. The van der Waals surface area contributed by atoms with Gasteiger partial charge in [0.25, 0.3) is 10.0 Å². The number of ether oxygens (including phenoxy) is 1. The van der Waals surface area contributed by atoms with Gasteiger partial charge in [-0.2, -0.15) is 0 Å². The molecule has 2 aromatic carbocycles. The monoisotopic (exact) mass is 402 g/mol. The van der Waals surface area contributed by atoms with Crippen molar-refractivity contribution in [1.29, 1.82) is 0 Å². The molecule has 0 bridgehead atoms. The highest BCUT2D eigenvalue weighted by atomic mass is 32.2. The summed E-state index contributed by atoms with van der Waals surface area (Å²) in [5.74, 6) is -0.351. The van der Waals surface area contributed by atoms with Gasteiger partial charge in [-0.1, -0.05) is 30.3 Å². The second-order valence-electron chi connectivity index (χ2n) is 6.98. The number of hydrogen-bond donors (Lipinski definition) is 1. The largest absolute Gasteiger partial charge is 0.376 e. The number of rotatable bonds is 7. The van der Waals surface area contributed by atoms with E-state index in [9.17, 15) is 13.2 Å². The van der Waals surface area contributed by atoms with E-state index in [1.165, 1.54) is 16.4 Å². The Morgan fingerprint density at radius 1 is 1.14 bits per heavy atom. The first-order valence-corrected chi connectivity index (χ1v) is 10.9. The molecule has 1 heterocycles. The summed E-state index contributed by atoms with van der Waals surface area (Å²) >= 11 is 0. The van der Waals surface area contributed by atoms with Gasteiger partial charge in [0.15, 0.2) is 0 Å². The van der Waals surface area contributed by atoms with E-state index in [2.05, 4.69) is 5.32 Å². The van der Waals surface area contributed by atoms with Crippen molar-refractivity contribution in [2.75, 3.05) is 24.0 Å². The number of carbonyl (C=O) groups is 1. The van der Waals surface area contributed by atoms with Gasteiger partial charge >= 0.3 is 0 Å². The molecule has 1 amide bonds. The Balaban J connectivity index is 1.88. The Labute approximate surface area is 166 Å². The van der Waals surface area contributed by atoms with Crippen LogP contribution in [0.15, 0.2) is 53.4 Å². The lowest BCUT2D eigenvalue weighted by Crippen LogP contribution is -2.43. The molecule has 1 fully saturated rings. The van der Waals surface area contributed by atoms with Crippen LogP contribution in [0.2, 0.25) is 0 Å². The van der Waals surface area contributed by atoms with Crippen molar-refractivity contribution in [1.82, 2.24) is 5.32 Å². The van der Waals surface area contributed by atoms with Gasteiger partial charge in [-0.15, -0.1) is 0 Å². The third kappa shape index (κ3) is 4.54. The van der Waals surface area contributed by atoms with Crippen molar-refractivity contribution in [3.63, 3.8) is 0 Å². The first kappa shape index (κ1) is 20.4. The van der Waals surface area contributed by atoms with Crippen LogP contribution in [0.3, 0.4) is 0 Å². The van der Waals surface area contributed by atoms with Gasteiger partial charge < -0.3 is 10.1 Å². The molecule has 1 N–H and O–H groups in total. The molecule has 1 aliphatic heterocycles. The molecule has 0 aliphatic carbocycles. The average Bonchev–Trinajstić information content (AvgIpc) is 3.21. The summed E-state index contributed by atoms with van der Waals surface area (Å²) in [5, 5.41) is 2.81. The Hall–Kier alpha value is -2.38. The van der Waals surface area contributed by atoms with Crippen LogP contribution >= 0.6 is 0 Å². The van der Waals surface area contributed by atoms with Crippen molar-refractivity contribution in [3.8, 4) is 0 Å². The van der Waals surface area contributed by atoms with Gasteiger partial charge in [0.1, 0.15) is 6.54 Å². The highest BCUT2D eigenvalue weighted by Crippen LogP contribution is 2.28. The normalized spacial score (nSPS) is 16.7. The zero-order valence-corrected chi connectivity index (χ0v) is 17.0. The minimum Gasteiger partial charge on any atom is -0.376 e. The summed E-state index contributed by atoms with van der Waals surface area (Å²) in [6.07, 6.45) is 1.89. The summed E-state index contributed by atoms with van der Waals surface area (Å²) in [4.78, 5) is 12.7. The average molecular weight is 403 g/mol. The molecule has 1 aliphatic rings. The number of aryl methyl sites for hydroxylation is 1. The van der Waals surface area contributed by atoms with Gasteiger partial charge in [0.05, 0.1) is 16.7 Å². The van der Waals surface area contributed by atoms with Crippen LogP contribution in [0.25, 0.3) is 0 Å². The van der Waals surface area contributed by atoms with Crippen molar-refractivity contribution in [2.45, 2.75) is 37.7 Å². The fourth-order valence-electron chi connectivity index (χ4n) is 3.24. The lowest BCUT2D eigenvalue weighted by Gasteiger charge is -2.26. The molecular weight excluding hydrogens is 376 g/mol. The predicted octanol–water partition coefficient (Wildman–Crippen LogP) is 2.79. The Kier molecular flexibility index (Phi) is 6.36. The van der Waals surface area contributed by atoms with E-state index in [0.717, 1.165) is 24.0 Å². The molecule has 0 saturated carbocycles. The van der Waals surface area contributed by atoms with E-state index in [1.807, 2.05) is 19.9 Å². The zero-order valence-electron chi connectivity index (χ0n) is 16.2. The molecule has 7 heteroatoms. The summed E-state index contributed by atoms with van der Waals surface area (Å²) in [6.45, 7) is 4.60. The van der Waals surface area contributed by atoms with E-state index in [0.29, 0.717) is 18.8 Å². The van der Waals surface area contributed by atoms with Gasteiger partial charge in [0, 0.05) is 13.2 Å². The summed E-state index contributed by atoms with van der Waals surface area (Å²) in [5.41, 5.74) is 2.30. The third-order valence-corrected chi connectivity index (χ3v) is 6.79. The molecule has 28 heavy (non-hydrogen) atoms. The molecule has 2 aromatic rings. The number of nitrogens with zero attached hydrogens (tertiary/aromatic N) is 1. The molecule has 0 radical (unpaired) electrons. The maximum atomic E-state index is 13.3. The van der Waals surface area contributed by atoms with Gasteiger partial charge in [-0.25, -0.2) is 8.42 Å².